The van der Waals surface area contributed by atoms with Crippen LogP contribution in [0.5, 0.6) is 0 Å². The van der Waals surface area contributed by atoms with Gasteiger partial charge in [0, 0.05) is 12.7 Å². The number of nitrogens with one attached hydrogen (secondary N) is 1. The molecule has 0 spiro atoms. The minimum atomic E-state index is 0.0344. The van der Waals surface area contributed by atoms with Crippen LogP contribution >= 0.6 is 0 Å². The van der Waals surface area contributed by atoms with E-state index in [-0.39, 0.29) is 5.91 Å². The van der Waals surface area contributed by atoms with Gasteiger partial charge in [0.25, 0.3) is 5.91 Å². The molecule has 1 amide bonds. The van der Waals surface area contributed by atoms with E-state index in [2.05, 4.69) is 18.3 Å². The average molecular weight is 242 g/mol. The van der Waals surface area contributed by atoms with Crippen LogP contribution in [0.4, 0.5) is 0 Å². The molecule has 0 aromatic heterocycles. The fraction of sp³-hybridized carbons (Fsp3) is 0.267. The second-order valence-corrected chi connectivity index (χ2v) is 4.39. The molecule has 1 aliphatic heterocycles. The number of rotatable bonds is 2. The van der Waals surface area contributed by atoms with Crippen molar-refractivity contribution in [3.8, 4) is 0 Å². The molecule has 1 aliphatic rings. The molecule has 3 heteroatoms. The summed E-state index contributed by atoms with van der Waals surface area (Å²) in [7, 11) is 1.82. The molecule has 1 N–H and O–H groups in total. The maximum Gasteiger partial charge on any atom is 0.270 e. The Balaban J connectivity index is 2.28. The van der Waals surface area contributed by atoms with Crippen LogP contribution in [0.1, 0.15) is 18.9 Å². The Morgan fingerprint density at radius 3 is 2.72 bits per heavy atom. The predicted octanol–water partition coefficient (Wildman–Crippen LogP) is 2.38. The van der Waals surface area contributed by atoms with E-state index < -0.39 is 0 Å². The molecule has 1 heterocycles. The lowest BCUT2D eigenvalue weighted by molar-refractivity contribution is -0.126. The zero-order valence-electron chi connectivity index (χ0n) is 10.8. The van der Waals surface area contributed by atoms with E-state index in [0.717, 1.165) is 17.7 Å². The molecular weight excluding hydrogens is 224 g/mol. The van der Waals surface area contributed by atoms with Crippen molar-refractivity contribution in [1.29, 1.82) is 0 Å². The Morgan fingerprint density at radius 2 is 2.06 bits per heavy atom. The van der Waals surface area contributed by atoms with Crippen LogP contribution < -0.4 is 5.32 Å². The lowest BCUT2D eigenvalue weighted by atomic mass is 10.1. The lowest BCUT2D eigenvalue weighted by Gasteiger charge is -2.28. The van der Waals surface area contributed by atoms with Crippen LogP contribution in [-0.2, 0) is 4.79 Å². The van der Waals surface area contributed by atoms with Crippen molar-refractivity contribution < 1.29 is 4.79 Å². The minimum Gasteiger partial charge on any atom is -0.353 e. The summed E-state index contributed by atoms with van der Waals surface area (Å²) in [6.07, 6.45) is 4.96. The Hall–Kier alpha value is -2.03. The molecular formula is C15H18N2O. The van der Waals surface area contributed by atoms with Crippen molar-refractivity contribution in [2.24, 2.45) is 0 Å². The van der Waals surface area contributed by atoms with Gasteiger partial charge in [0.05, 0.1) is 6.54 Å². The minimum absolute atomic E-state index is 0.0344. The number of hydrogen-bond donors (Lipinski definition) is 1. The number of benzene rings is 1. The molecule has 1 saturated heterocycles. The summed E-state index contributed by atoms with van der Waals surface area (Å²) in [6, 6.07) is 9.87. The number of hydrogen-bond acceptors (Lipinski definition) is 2. The third-order valence-corrected chi connectivity index (χ3v) is 2.84. The highest BCUT2D eigenvalue weighted by molar-refractivity contribution is 5.98. The first kappa shape index (κ1) is 12.4. The Kier molecular flexibility index (Phi) is 3.82. The normalized spacial score (nSPS) is 20.3. The third-order valence-electron chi connectivity index (χ3n) is 2.84. The van der Waals surface area contributed by atoms with Crippen LogP contribution in [0.2, 0.25) is 0 Å². The summed E-state index contributed by atoms with van der Waals surface area (Å²) in [4.78, 5) is 13.8. The summed E-state index contributed by atoms with van der Waals surface area (Å²) >= 11 is 0. The van der Waals surface area contributed by atoms with Crippen molar-refractivity contribution in [2.75, 3.05) is 13.6 Å². The number of carbonyl (C=O) groups is 1. The zero-order valence-corrected chi connectivity index (χ0v) is 10.8. The first-order chi connectivity index (χ1) is 8.70. The van der Waals surface area contributed by atoms with Crippen LogP contribution in [0.3, 0.4) is 0 Å². The SMILES string of the molecule is CC/C=C1/CN(C)C(=O)/C(=C/c2ccccc2)N1. The zero-order chi connectivity index (χ0) is 13.0. The van der Waals surface area contributed by atoms with Gasteiger partial charge < -0.3 is 10.2 Å². The Morgan fingerprint density at radius 1 is 1.33 bits per heavy atom. The number of carbonyl (C=O) groups excluding carboxylic acids is 1. The summed E-state index contributed by atoms with van der Waals surface area (Å²) in [5.41, 5.74) is 2.75. The molecule has 18 heavy (non-hydrogen) atoms. The van der Waals surface area contributed by atoms with Gasteiger partial charge in [0.1, 0.15) is 5.70 Å². The molecule has 0 bridgehead atoms. The number of piperazine rings is 1. The average Bonchev–Trinajstić information content (AvgIpc) is 2.37. The van der Waals surface area contributed by atoms with Gasteiger partial charge in [-0.3, -0.25) is 4.79 Å². The van der Waals surface area contributed by atoms with Crippen LogP contribution in [0.25, 0.3) is 6.08 Å². The topological polar surface area (TPSA) is 32.3 Å². The van der Waals surface area contributed by atoms with E-state index >= 15 is 0 Å². The van der Waals surface area contributed by atoms with Gasteiger partial charge in [-0.1, -0.05) is 43.3 Å². The van der Waals surface area contributed by atoms with Gasteiger partial charge in [0.2, 0.25) is 0 Å². The Bertz CT molecular complexity index is 488. The van der Waals surface area contributed by atoms with Gasteiger partial charge in [-0.15, -0.1) is 0 Å². The molecule has 0 aliphatic carbocycles. The molecule has 2 rings (SSSR count). The van der Waals surface area contributed by atoms with Crippen molar-refractivity contribution in [3.05, 3.63) is 53.4 Å². The number of nitrogens with zero attached hydrogens (tertiary/aromatic N) is 1. The summed E-state index contributed by atoms with van der Waals surface area (Å²) in [6.45, 7) is 2.74. The smallest absolute Gasteiger partial charge is 0.270 e. The second kappa shape index (κ2) is 5.54. The molecule has 1 aromatic rings. The van der Waals surface area contributed by atoms with E-state index in [1.807, 2.05) is 43.5 Å². The summed E-state index contributed by atoms with van der Waals surface area (Å²) in [5.74, 6) is 0.0344. The predicted molar refractivity (Wildman–Crippen MR) is 73.6 cm³/mol. The van der Waals surface area contributed by atoms with E-state index in [4.69, 9.17) is 0 Å². The van der Waals surface area contributed by atoms with Gasteiger partial charge in [-0.25, -0.2) is 0 Å². The fourth-order valence-corrected chi connectivity index (χ4v) is 1.97. The highest BCUT2D eigenvalue weighted by atomic mass is 16.2. The molecule has 0 saturated carbocycles. The van der Waals surface area contributed by atoms with Crippen molar-refractivity contribution in [1.82, 2.24) is 10.2 Å². The first-order valence-corrected chi connectivity index (χ1v) is 6.19. The molecule has 1 aromatic carbocycles. The Labute approximate surface area is 108 Å². The van der Waals surface area contributed by atoms with E-state index in [9.17, 15) is 4.79 Å². The standard InChI is InChI=1S/C15H18N2O/c1-3-7-13-11-17(2)15(18)14(16-13)10-12-8-5-4-6-9-12/h4-10,16H,3,11H2,1-2H3/b13-7-,14-10-. The molecule has 1 fully saturated rings. The molecule has 0 atom stereocenters. The monoisotopic (exact) mass is 242 g/mol. The summed E-state index contributed by atoms with van der Waals surface area (Å²) in [5, 5.41) is 3.21. The molecule has 94 valence electrons. The fourth-order valence-electron chi connectivity index (χ4n) is 1.97. The molecule has 3 nitrogen and oxygen atoms in total. The van der Waals surface area contributed by atoms with Crippen LogP contribution in [0, 0.1) is 0 Å². The van der Waals surface area contributed by atoms with Gasteiger partial charge in [-0.05, 0) is 18.1 Å². The summed E-state index contributed by atoms with van der Waals surface area (Å²) < 4.78 is 0. The van der Waals surface area contributed by atoms with E-state index in [0.29, 0.717) is 12.2 Å². The van der Waals surface area contributed by atoms with Crippen molar-refractivity contribution in [3.63, 3.8) is 0 Å². The molecule has 0 unspecified atom stereocenters. The molecule has 0 radical (unpaired) electrons. The first-order valence-electron chi connectivity index (χ1n) is 6.19. The third kappa shape index (κ3) is 2.80. The lowest BCUT2D eigenvalue weighted by Crippen LogP contribution is -2.42. The van der Waals surface area contributed by atoms with Gasteiger partial charge in [0.15, 0.2) is 0 Å². The second-order valence-electron chi connectivity index (χ2n) is 4.39. The van der Waals surface area contributed by atoms with E-state index in [1.54, 1.807) is 4.90 Å². The van der Waals surface area contributed by atoms with Crippen LogP contribution in [-0.4, -0.2) is 24.4 Å². The number of allylic oxidation sites excluding steroid dienone is 1. The largest absolute Gasteiger partial charge is 0.353 e. The highest BCUT2D eigenvalue weighted by Gasteiger charge is 2.22. The highest BCUT2D eigenvalue weighted by Crippen LogP contribution is 2.14. The maximum atomic E-state index is 12.0. The van der Waals surface area contributed by atoms with Crippen LogP contribution in [0.15, 0.2) is 47.8 Å². The number of likely N-dealkylation sites (N-methyl/N-ethyl adjacent to an activating group) is 1. The number of amides is 1. The maximum absolute atomic E-state index is 12.0. The van der Waals surface area contributed by atoms with Gasteiger partial charge >= 0.3 is 0 Å². The van der Waals surface area contributed by atoms with Crippen molar-refractivity contribution in [2.45, 2.75) is 13.3 Å². The van der Waals surface area contributed by atoms with E-state index in [1.165, 1.54) is 0 Å². The van der Waals surface area contributed by atoms with Crippen molar-refractivity contribution >= 4 is 12.0 Å². The van der Waals surface area contributed by atoms with Gasteiger partial charge in [-0.2, -0.15) is 0 Å². The quantitative estimate of drug-likeness (QED) is 0.808.